The summed E-state index contributed by atoms with van der Waals surface area (Å²) in [4.78, 5) is 19.4. The van der Waals surface area contributed by atoms with Crippen molar-refractivity contribution in [3.8, 4) is 22.6 Å². The third-order valence-electron chi connectivity index (χ3n) is 7.51. The van der Waals surface area contributed by atoms with Crippen LogP contribution in [0.4, 0.5) is 10.1 Å². The molecule has 2 aliphatic heterocycles. The van der Waals surface area contributed by atoms with Crippen LogP contribution in [0.1, 0.15) is 46.0 Å². The van der Waals surface area contributed by atoms with Gasteiger partial charge in [0.2, 0.25) is 0 Å². The standard InChI is InChI=1S/C28H25ClFN7.C3H8/c29-18-5-6-22(30)21(11-18)27-28(33-16-32-27)24-8-7-23-26(34-24)12-19(14-31-23)36-9-10-37-20(15-36)13-25(35-37)17-3-1-2-4-17;1-3-2/h3,5-8,11-12,14,16,20H,1-2,4,9-10,13,15H2,(H,32,33);3H2,1-2H3. The predicted octanol–water partition coefficient (Wildman–Crippen LogP) is 7.26. The van der Waals surface area contributed by atoms with Gasteiger partial charge < -0.3 is 9.88 Å². The highest BCUT2D eigenvalue weighted by molar-refractivity contribution is 6.30. The topological polar surface area (TPSA) is 73.3 Å². The van der Waals surface area contributed by atoms with Gasteiger partial charge in [0.05, 0.1) is 58.9 Å². The van der Waals surface area contributed by atoms with Crippen molar-refractivity contribution in [3.05, 3.63) is 71.4 Å². The Morgan fingerprint density at radius 2 is 1.95 bits per heavy atom. The van der Waals surface area contributed by atoms with Gasteiger partial charge >= 0.3 is 0 Å². The maximum Gasteiger partial charge on any atom is 0.132 e. The molecule has 1 N–H and O–H groups in total. The molecule has 1 aliphatic carbocycles. The second kappa shape index (κ2) is 11.4. The lowest BCUT2D eigenvalue weighted by Gasteiger charge is -2.37. The number of nitrogens with one attached hydrogen (secondary N) is 1. The number of imidazole rings is 1. The van der Waals surface area contributed by atoms with E-state index in [1.54, 1.807) is 12.4 Å². The fraction of sp³-hybridized carbons (Fsp3) is 0.355. The van der Waals surface area contributed by atoms with Crippen LogP contribution in [0.3, 0.4) is 0 Å². The zero-order chi connectivity index (χ0) is 27.6. The molecule has 0 radical (unpaired) electrons. The first-order chi connectivity index (χ1) is 19.5. The number of allylic oxidation sites excluding steroid dienone is 2. The fourth-order valence-electron chi connectivity index (χ4n) is 5.61. The molecule has 1 saturated heterocycles. The Morgan fingerprint density at radius 1 is 1.07 bits per heavy atom. The van der Waals surface area contributed by atoms with Gasteiger partial charge in [-0.15, -0.1) is 0 Å². The molecule has 206 valence electrons. The van der Waals surface area contributed by atoms with E-state index < -0.39 is 0 Å². The number of H-pyrrole nitrogens is 1. The van der Waals surface area contributed by atoms with E-state index in [0.717, 1.165) is 49.2 Å². The summed E-state index contributed by atoms with van der Waals surface area (Å²) in [5.74, 6) is -0.384. The van der Waals surface area contributed by atoms with Crippen LogP contribution in [0.5, 0.6) is 0 Å². The molecule has 1 atom stereocenters. The molecule has 3 aromatic heterocycles. The molecule has 3 aliphatic rings. The van der Waals surface area contributed by atoms with Crippen molar-refractivity contribution in [2.45, 2.75) is 52.0 Å². The van der Waals surface area contributed by atoms with Crippen molar-refractivity contribution < 1.29 is 4.39 Å². The van der Waals surface area contributed by atoms with Crippen LogP contribution in [-0.2, 0) is 0 Å². The lowest BCUT2D eigenvalue weighted by molar-refractivity contribution is 0.209. The van der Waals surface area contributed by atoms with Gasteiger partial charge in [0.1, 0.15) is 11.5 Å². The predicted molar refractivity (Wildman–Crippen MR) is 160 cm³/mol. The summed E-state index contributed by atoms with van der Waals surface area (Å²) in [6.45, 7) is 6.94. The Bertz CT molecular complexity index is 1590. The van der Waals surface area contributed by atoms with Gasteiger partial charge in [-0.1, -0.05) is 37.9 Å². The van der Waals surface area contributed by atoms with Crippen molar-refractivity contribution in [1.82, 2.24) is 24.9 Å². The SMILES string of the molecule is CCC.Fc1ccc(Cl)cc1-c1nc[nH]c1-c1ccc2ncc(N3CCN4N=C(C5=CCCC5)CC4C3)cc2n1. The maximum absolute atomic E-state index is 14.6. The molecule has 1 fully saturated rings. The molecule has 0 saturated carbocycles. The molecular weight excluding hydrogens is 525 g/mol. The Kier molecular flexibility index (Phi) is 7.52. The monoisotopic (exact) mass is 557 g/mol. The van der Waals surface area contributed by atoms with Gasteiger partial charge in [-0.05, 0) is 61.2 Å². The quantitative estimate of drug-likeness (QED) is 0.286. The first-order valence-electron chi connectivity index (χ1n) is 14.1. The molecule has 0 spiro atoms. The average Bonchev–Trinajstić information content (AvgIpc) is 3.74. The van der Waals surface area contributed by atoms with Gasteiger partial charge in [0.25, 0.3) is 0 Å². The van der Waals surface area contributed by atoms with E-state index in [0.29, 0.717) is 33.7 Å². The van der Waals surface area contributed by atoms with E-state index >= 15 is 0 Å². The molecule has 40 heavy (non-hydrogen) atoms. The van der Waals surface area contributed by atoms with Crippen molar-refractivity contribution >= 4 is 34.0 Å². The molecule has 1 aromatic carbocycles. The van der Waals surface area contributed by atoms with Crippen LogP contribution < -0.4 is 4.90 Å². The summed E-state index contributed by atoms with van der Waals surface area (Å²) in [6.07, 6.45) is 11.7. The van der Waals surface area contributed by atoms with E-state index in [1.807, 2.05) is 18.3 Å². The number of aromatic nitrogens is 4. The Labute approximate surface area is 238 Å². The van der Waals surface area contributed by atoms with Gasteiger partial charge in [-0.25, -0.2) is 14.4 Å². The third-order valence-corrected chi connectivity index (χ3v) is 7.74. The average molecular weight is 558 g/mol. The van der Waals surface area contributed by atoms with Crippen molar-refractivity contribution in [1.29, 1.82) is 0 Å². The molecule has 9 heteroatoms. The molecule has 7 nitrogen and oxygen atoms in total. The van der Waals surface area contributed by atoms with Crippen LogP contribution in [0, 0.1) is 5.82 Å². The Balaban J connectivity index is 0.000000925. The summed E-state index contributed by atoms with van der Waals surface area (Å²) < 4.78 is 14.6. The summed E-state index contributed by atoms with van der Waals surface area (Å²) in [7, 11) is 0. The lowest BCUT2D eigenvalue weighted by Crippen LogP contribution is -2.49. The molecule has 7 rings (SSSR count). The molecule has 4 aromatic rings. The number of piperazine rings is 1. The van der Waals surface area contributed by atoms with Gasteiger partial charge in [-0.3, -0.25) is 9.99 Å². The minimum absolute atomic E-state index is 0.335. The number of rotatable bonds is 4. The van der Waals surface area contributed by atoms with E-state index in [-0.39, 0.29) is 5.82 Å². The van der Waals surface area contributed by atoms with Crippen LogP contribution in [0.25, 0.3) is 33.7 Å². The number of anilines is 1. The molecule has 0 amide bonds. The summed E-state index contributed by atoms with van der Waals surface area (Å²) in [5.41, 5.74) is 7.48. The van der Waals surface area contributed by atoms with E-state index in [1.165, 1.54) is 42.7 Å². The summed E-state index contributed by atoms with van der Waals surface area (Å²) >= 11 is 6.13. The van der Waals surface area contributed by atoms with Gasteiger partial charge in [0.15, 0.2) is 0 Å². The zero-order valence-electron chi connectivity index (χ0n) is 22.9. The molecule has 5 heterocycles. The minimum atomic E-state index is -0.384. The summed E-state index contributed by atoms with van der Waals surface area (Å²) in [5, 5.41) is 7.66. The normalized spacial score (nSPS) is 18.4. The fourth-order valence-corrected chi connectivity index (χ4v) is 5.78. The van der Waals surface area contributed by atoms with E-state index in [4.69, 9.17) is 21.7 Å². The Hall–Kier alpha value is -3.78. The highest BCUT2D eigenvalue weighted by Crippen LogP contribution is 2.33. The number of fused-ring (bicyclic) bond motifs is 2. The highest BCUT2D eigenvalue weighted by Gasteiger charge is 2.33. The summed E-state index contributed by atoms with van der Waals surface area (Å²) in [6, 6.07) is 10.8. The first-order valence-corrected chi connectivity index (χ1v) is 14.5. The Morgan fingerprint density at radius 3 is 2.77 bits per heavy atom. The number of benzene rings is 1. The maximum atomic E-state index is 14.6. The number of hydrogen-bond acceptors (Lipinski definition) is 6. The second-order valence-corrected chi connectivity index (χ2v) is 11.0. The van der Waals surface area contributed by atoms with Crippen LogP contribution in [0.15, 0.2) is 65.7 Å². The van der Waals surface area contributed by atoms with Crippen molar-refractivity contribution in [2.75, 3.05) is 24.5 Å². The van der Waals surface area contributed by atoms with Crippen molar-refractivity contribution in [2.24, 2.45) is 5.10 Å². The number of hydrogen-bond donors (Lipinski definition) is 1. The third kappa shape index (κ3) is 5.20. The number of nitrogens with zero attached hydrogens (tertiary/aromatic N) is 6. The first kappa shape index (κ1) is 26.4. The number of halogens is 2. The van der Waals surface area contributed by atoms with Crippen LogP contribution in [0.2, 0.25) is 5.02 Å². The van der Waals surface area contributed by atoms with Gasteiger partial charge in [0, 0.05) is 30.1 Å². The van der Waals surface area contributed by atoms with Crippen molar-refractivity contribution in [3.63, 3.8) is 0 Å². The van der Waals surface area contributed by atoms with E-state index in [9.17, 15) is 4.39 Å². The molecular formula is C31H33ClFN7. The molecule has 0 bridgehead atoms. The van der Waals surface area contributed by atoms with E-state index in [2.05, 4.69) is 50.9 Å². The number of pyridine rings is 2. The number of aromatic amines is 1. The highest BCUT2D eigenvalue weighted by atomic mass is 35.5. The van der Waals surface area contributed by atoms with Crippen LogP contribution >= 0.6 is 11.6 Å². The van der Waals surface area contributed by atoms with Gasteiger partial charge in [-0.2, -0.15) is 5.10 Å². The molecule has 1 unspecified atom stereocenters. The van der Waals surface area contributed by atoms with Crippen LogP contribution in [-0.4, -0.2) is 56.3 Å². The smallest absolute Gasteiger partial charge is 0.132 e. The number of hydrazone groups is 1. The minimum Gasteiger partial charge on any atom is -0.366 e. The second-order valence-electron chi connectivity index (χ2n) is 10.5. The largest absolute Gasteiger partial charge is 0.366 e. The zero-order valence-corrected chi connectivity index (χ0v) is 23.6. The lowest BCUT2D eigenvalue weighted by atomic mass is 10.0.